The molecule has 0 radical (unpaired) electrons. The summed E-state index contributed by atoms with van der Waals surface area (Å²) in [6, 6.07) is 4.01. The Balaban J connectivity index is 2.94. The van der Waals surface area contributed by atoms with Crippen molar-refractivity contribution in [2.75, 3.05) is 12.3 Å². The van der Waals surface area contributed by atoms with Gasteiger partial charge in [-0.1, -0.05) is 6.92 Å². The fraction of sp³-hybridized carbons (Fsp3) is 0.300. The number of nitrogen functional groups attached to an aromatic ring is 1. The summed E-state index contributed by atoms with van der Waals surface area (Å²) in [5.41, 5.74) is 5.47. The third kappa shape index (κ3) is 2.69. The van der Waals surface area contributed by atoms with Crippen molar-refractivity contribution in [1.29, 1.82) is 0 Å². The minimum Gasteiger partial charge on any atom is -0.393 e. The van der Waals surface area contributed by atoms with E-state index < -0.39 is 4.92 Å². The third-order valence-electron chi connectivity index (χ3n) is 2.02. The smallest absolute Gasteiger partial charge is 0.292 e. The second-order valence-corrected chi connectivity index (χ2v) is 3.29. The Kier molecular flexibility index (Phi) is 3.82. The molecule has 1 rings (SSSR count). The molecule has 0 unspecified atom stereocenters. The molecule has 0 saturated carbocycles. The number of benzene rings is 1. The fourth-order valence-corrected chi connectivity index (χ4v) is 1.18. The van der Waals surface area contributed by atoms with Crippen LogP contribution in [0.25, 0.3) is 0 Å². The van der Waals surface area contributed by atoms with E-state index in [1.54, 1.807) is 0 Å². The van der Waals surface area contributed by atoms with E-state index in [-0.39, 0.29) is 22.8 Å². The van der Waals surface area contributed by atoms with Crippen LogP contribution in [0, 0.1) is 10.1 Å². The molecule has 86 valence electrons. The quantitative estimate of drug-likeness (QED) is 0.456. The Morgan fingerprint density at radius 2 is 2.25 bits per heavy atom. The minimum atomic E-state index is -0.605. The molecule has 1 amide bonds. The zero-order chi connectivity index (χ0) is 12.1. The number of carbonyl (C=O) groups excluding carboxylic acids is 1. The molecule has 0 aromatic heterocycles. The highest BCUT2D eigenvalue weighted by Gasteiger charge is 2.14. The van der Waals surface area contributed by atoms with E-state index in [1.165, 1.54) is 18.2 Å². The molecule has 6 nitrogen and oxygen atoms in total. The molecule has 0 fully saturated rings. The first-order valence-electron chi connectivity index (χ1n) is 4.88. The highest BCUT2D eigenvalue weighted by atomic mass is 16.6. The van der Waals surface area contributed by atoms with Crippen LogP contribution in [-0.4, -0.2) is 17.4 Å². The average Bonchev–Trinajstić information content (AvgIpc) is 2.26. The molecule has 6 heteroatoms. The van der Waals surface area contributed by atoms with Crippen molar-refractivity contribution in [2.24, 2.45) is 0 Å². The van der Waals surface area contributed by atoms with Crippen LogP contribution in [0.2, 0.25) is 0 Å². The Hall–Kier alpha value is -2.11. The summed E-state index contributed by atoms with van der Waals surface area (Å²) in [7, 11) is 0. The van der Waals surface area contributed by atoms with Gasteiger partial charge in [-0.3, -0.25) is 14.9 Å². The van der Waals surface area contributed by atoms with E-state index in [4.69, 9.17) is 5.73 Å². The van der Waals surface area contributed by atoms with E-state index in [1.807, 2.05) is 6.92 Å². The first-order chi connectivity index (χ1) is 7.56. The number of nitrogens with two attached hydrogens (primary N) is 1. The van der Waals surface area contributed by atoms with Gasteiger partial charge in [0.1, 0.15) is 5.69 Å². The van der Waals surface area contributed by atoms with Crippen LogP contribution in [-0.2, 0) is 0 Å². The van der Waals surface area contributed by atoms with Crippen molar-refractivity contribution in [3.63, 3.8) is 0 Å². The molecule has 0 saturated heterocycles. The number of nitrogens with one attached hydrogen (secondary N) is 1. The summed E-state index contributed by atoms with van der Waals surface area (Å²) in [5, 5.41) is 13.2. The van der Waals surface area contributed by atoms with Gasteiger partial charge < -0.3 is 11.1 Å². The van der Waals surface area contributed by atoms with Crippen LogP contribution in [0.15, 0.2) is 18.2 Å². The van der Waals surface area contributed by atoms with Crippen LogP contribution < -0.4 is 11.1 Å². The van der Waals surface area contributed by atoms with Crippen molar-refractivity contribution in [3.05, 3.63) is 33.9 Å². The maximum absolute atomic E-state index is 11.5. The predicted octanol–water partition coefficient (Wildman–Crippen LogP) is 1.32. The second-order valence-electron chi connectivity index (χ2n) is 3.29. The number of anilines is 1. The molecule has 3 N–H and O–H groups in total. The summed E-state index contributed by atoms with van der Waals surface area (Å²) in [6.45, 7) is 2.46. The lowest BCUT2D eigenvalue weighted by molar-refractivity contribution is -0.383. The molecular formula is C10H13N3O3. The Morgan fingerprint density at radius 1 is 1.56 bits per heavy atom. The van der Waals surface area contributed by atoms with Gasteiger partial charge in [0.05, 0.1) is 4.92 Å². The normalized spacial score (nSPS) is 9.81. The topological polar surface area (TPSA) is 98.3 Å². The van der Waals surface area contributed by atoms with E-state index in [9.17, 15) is 14.9 Å². The summed E-state index contributed by atoms with van der Waals surface area (Å²) < 4.78 is 0. The zero-order valence-corrected chi connectivity index (χ0v) is 8.90. The lowest BCUT2D eigenvalue weighted by atomic mass is 10.1. The molecule has 0 aliphatic rings. The Labute approximate surface area is 92.6 Å². The minimum absolute atomic E-state index is 0.0528. The number of nitro benzene ring substituents is 1. The summed E-state index contributed by atoms with van der Waals surface area (Å²) in [5.74, 6) is -0.329. The van der Waals surface area contributed by atoms with Crippen molar-refractivity contribution >= 4 is 17.3 Å². The van der Waals surface area contributed by atoms with Crippen LogP contribution in [0.4, 0.5) is 11.4 Å². The SMILES string of the molecule is CCCNC(=O)c1ccc(N)c([N+](=O)[O-])c1. The van der Waals surface area contributed by atoms with Gasteiger partial charge in [0.15, 0.2) is 0 Å². The second kappa shape index (κ2) is 5.11. The van der Waals surface area contributed by atoms with Crippen LogP contribution in [0.5, 0.6) is 0 Å². The van der Waals surface area contributed by atoms with E-state index in [0.29, 0.717) is 6.54 Å². The first kappa shape index (κ1) is 12.0. The summed E-state index contributed by atoms with van der Waals surface area (Å²) in [6.07, 6.45) is 0.808. The molecule has 0 bridgehead atoms. The summed E-state index contributed by atoms with van der Waals surface area (Å²) >= 11 is 0. The van der Waals surface area contributed by atoms with Crippen molar-refractivity contribution in [1.82, 2.24) is 5.32 Å². The number of hydrogen-bond donors (Lipinski definition) is 2. The standard InChI is InChI=1S/C10H13N3O3/c1-2-5-12-10(14)7-3-4-8(11)9(6-7)13(15)16/h3-4,6H,2,5,11H2,1H3,(H,12,14). The highest BCUT2D eigenvalue weighted by Crippen LogP contribution is 2.22. The van der Waals surface area contributed by atoms with Gasteiger partial charge in [-0.05, 0) is 18.6 Å². The number of rotatable bonds is 4. The molecule has 0 heterocycles. The Bertz CT molecular complexity index is 418. The maximum atomic E-state index is 11.5. The van der Waals surface area contributed by atoms with Gasteiger partial charge in [-0.25, -0.2) is 0 Å². The van der Waals surface area contributed by atoms with Gasteiger partial charge >= 0.3 is 0 Å². The van der Waals surface area contributed by atoms with Gasteiger partial charge in [-0.2, -0.15) is 0 Å². The highest BCUT2D eigenvalue weighted by molar-refractivity contribution is 5.95. The van der Waals surface area contributed by atoms with Gasteiger partial charge in [0.25, 0.3) is 11.6 Å². The van der Waals surface area contributed by atoms with Crippen molar-refractivity contribution in [2.45, 2.75) is 13.3 Å². The third-order valence-corrected chi connectivity index (χ3v) is 2.02. The number of nitrogens with zero attached hydrogens (tertiary/aromatic N) is 1. The lowest BCUT2D eigenvalue weighted by Crippen LogP contribution is -2.24. The van der Waals surface area contributed by atoms with Crippen LogP contribution >= 0.6 is 0 Å². The zero-order valence-electron chi connectivity index (χ0n) is 8.90. The molecule has 0 spiro atoms. The fourth-order valence-electron chi connectivity index (χ4n) is 1.18. The van der Waals surface area contributed by atoms with Gasteiger partial charge in [-0.15, -0.1) is 0 Å². The molecule has 1 aromatic rings. The van der Waals surface area contributed by atoms with Crippen molar-refractivity contribution in [3.8, 4) is 0 Å². The van der Waals surface area contributed by atoms with E-state index >= 15 is 0 Å². The predicted molar refractivity (Wildman–Crippen MR) is 60.1 cm³/mol. The molecule has 0 atom stereocenters. The number of hydrogen-bond acceptors (Lipinski definition) is 4. The Morgan fingerprint density at radius 3 is 2.81 bits per heavy atom. The average molecular weight is 223 g/mol. The number of nitro groups is 1. The number of amides is 1. The summed E-state index contributed by atoms with van der Waals surface area (Å²) in [4.78, 5) is 21.5. The van der Waals surface area contributed by atoms with E-state index in [2.05, 4.69) is 5.32 Å². The molecule has 1 aromatic carbocycles. The monoisotopic (exact) mass is 223 g/mol. The van der Waals surface area contributed by atoms with Crippen molar-refractivity contribution < 1.29 is 9.72 Å². The van der Waals surface area contributed by atoms with Crippen LogP contribution in [0.3, 0.4) is 0 Å². The van der Waals surface area contributed by atoms with Gasteiger partial charge in [0.2, 0.25) is 0 Å². The molecular weight excluding hydrogens is 210 g/mol. The van der Waals surface area contributed by atoms with Gasteiger partial charge in [0, 0.05) is 18.2 Å². The number of carbonyl (C=O) groups is 1. The first-order valence-corrected chi connectivity index (χ1v) is 4.88. The van der Waals surface area contributed by atoms with Crippen LogP contribution in [0.1, 0.15) is 23.7 Å². The molecule has 0 aliphatic carbocycles. The largest absolute Gasteiger partial charge is 0.393 e. The maximum Gasteiger partial charge on any atom is 0.292 e. The lowest BCUT2D eigenvalue weighted by Gasteiger charge is -2.04. The molecule has 0 aliphatic heterocycles. The van der Waals surface area contributed by atoms with E-state index in [0.717, 1.165) is 6.42 Å². The molecule has 16 heavy (non-hydrogen) atoms.